The summed E-state index contributed by atoms with van der Waals surface area (Å²) in [6, 6.07) is 1.75. The quantitative estimate of drug-likeness (QED) is 0.741. The summed E-state index contributed by atoms with van der Waals surface area (Å²) in [5, 5.41) is 9.35. The lowest BCUT2D eigenvalue weighted by molar-refractivity contribution is 0.200. The van der Waals surface area contributed by atoms with Crippen LogP contribution in [-0.4, -0.2) is 34.8 Å². The molecule has 2 heterocycles. The van der Waals surface area contributed by atoms with E-state index in [1.807, 2.05) is 6.92 Å². The van der Waals surface area contributed by atoms with Gasteiger partial charge in [0.05, 0.1) is 0 Å². The van der Waals surface area contributed by atoms with Gasteiger partial charge >= 0.3 is 0 Å². The fourth-order valence-electron chi connectivity index (χ4n) is 1.55. The van der Waals surface area contributed by atoms with Crippen molar-refractivity contribution in [1.82, 2.24) is 9.97 Å². The van der Waals surface area contributed by atoms with Crippen molar-refractivity contribution in [2.45, 2.75) is 6.92 Å². The van der Waals surface area contributed by atoms with Gasteiger partial charge in [-0.3, -0.25) is 0 Å². The highest BCUT2D eigenvalue weighted by Crippen LogP contribution is 2.23. The number of rotatable bonds is 2. The average molecular weight is 214 g/mol. The fraction of sp³-hybridized carbons (Fsp3) is 0.556. The van der Waals surface area contributed by atoms with Crippen LogP contribution in [0.3, 0.4) is 0 Å². The molecule has 2 rings (SSSR count). The number of aliphatic hydroxyl groups is 1. The Hall–Kier alpha value is -0.870. The van der Waals surface area contributed by atoms with Gasteiger partial charge in [0.25, 0.3) is 0 Å². The molecule has 0 bridgehead atoms. The lowest BCUT2D eigenvalue weighted by atomic mass is 10.0. The maximum atomic E-state index is 8.87. The van der Waals surface area contributed by atoms with E-state index in [2.05, 4.69) is 14.9 Å². The Bertz CT molecular complexity index is 319. The minimum Gasteiger partial charge on any atom is -0.396 e. The summed E-state index contributed by atoms with van der Waals surface area (Å²) in [7, 11) is 0. The molecular formula is C9H12ClN3O. The topological polar surface area (TPSA) is 49.2 Å². The Morgan fingerprint density at radius 1 is 1.57 bits per heavy atom. The van der Waals surface area contributed by atoms with E-state index in [4.69, 9.17) is 16.7 Å². The van der Waals surface area contributed by atoms with Gasteiger partial charge in [-0.25, -0.2) is 9.97 Å². The Morgan fingerprint density at radius 3 is 2.86 bits per heavy atom. The summed E-state index contributed by atoms with van der Waals surface area (Å²) >= 11 is 5.82. The van der Waals surface area contributed by atoms with Crippen molar-refractivity contribution in [3.8, 4) is 0 Å². The molecule has 0 spiro atoms. The number of anilines is 1. The van der Waals surface area contributed by atoms with Crippen LogP contribution in [0.25, 0.3) is 0 Å². The Balaban J connectivity index is 2.10. The lowest BCUT2D eigenvalue weighted by Crippen LogP contribution is -2.48. The van der Waals surface area contributed by atoms with Crippen LogP contribution in [0.4, 0.5) is 5.82 Å². The molecular weight excluding hydrogens is 202 g/mol. The summed E-state index contributed by atoms with van der Waals surface area (Å²) in [4.78, 5) is 10.4. The van der Waals surface area contributed by atoms with E-state index in [0.29, 0.717) is 16.9 Å². The molecule has 0 unspecified atom stereocenters. The minimum atomic E-state index is 0.244. The molecule has 0 radical (unpaired) electrons. The van der Waals surface area contributed by atoms with Gasteiger partial charge < -0.3 is 10.0 Å². The van der Waals surface area contributed by atoms with Crippen LogP contribution in [0.2, 0.25) is 5.15 Å². The normalized spacial score (nSPS) is 16.9. The van der Waals surface area contributed by atoms with Gasteiger partial charge in [0.2, 0.25) is 0 Å². The summed E-state index contributed by atoms with van der Waals surface area (Å²) < 4.78 is 0. The SMILES string of the molecule is Cc1nc(Cl)cc(N2CC(CO)C2)n1. The van der Waals surface area contributed by atoms with Gasteiger partial charge in [-0.2, -0.15) is 0 Å². The highest BCUT2D eigenvalue weighted by Gasteiger charge is 2.27. The first-order chi connectivity index (χ1) is 6.69. The van der Waals surface area contributed by atoms with Gasteiger partial charge in [0, 0.05) is 31.7 Å². The van der Waals surface area contributed by atoms with Gasteiger partial charge in [0.15, 0.2) is 0 Å². The molecule has 0 amide bonds. The van der Waals surface area contributed by atoms with Crippen LogP contribution in [-0.2, 0) is 0 Å². The third kappa shape index (κ3) is 1.81. The van der Waals surface area contributed by atoms with Crippen molar-refractivity contribution in [1.29, 1.82) is 0 Å². The monoisotopic (exact) mass is 213 g/mol. The van der Waals surface area contributed by atoms with Crippen molar-refractivity contribution in [3.63, 3.8) is 0 Å². The Kier molecular flexibility index (Phi) is 2.56. The van der Waals surface area contributed by atoms with E-state index in [0.717, 1.165) is 18.9 Å². The molecule has 1 aliphatic rings. The number of halogens is 1. The number of aliphatic hydroxyl groups excluding tert-OH is 1. The molecule has 0 aliphatic carbocycles. The zero-order valence-electron chi connectivity index (χ0n) is 7.94. The first kappa shape index (κ1) is 9.68. The second kappa shape index (κ2) is 3.71. The first-order valence-corrected chi connectivity index (χ1v) is 4.94. The molecule has 4 nitrogen and oxygen atoms in total. The number of aryl methyl sites for hydroxylation is 1. The largest absolute Gasteiger partial charge is 0.396 e. The predicted octanol–water partition coefficient (Wildman–Crippen LogP) is 0.867. The number of nitrogens with zero attached hydrogens (tertiary/aromatic N) is 3. The van der Waals surface area contributed by atoms with Gasteiger partial charge in [0.1, 0.15) is 16.8 Å². The van der Waals surface area contributed by atoms with E-state index in [9.17, 15) is 0 Å². The van der Waals surface area contributed by atoms with Gasteiger partial charge in [-0.1, -0.05) is 11.6 Å². The van der Waals surface area contributed by atoms with E-state index in [1.165, 1.54) is 0 Å². The van der Waals surface area contributed by atoms with Gasteiger partial charge in [-0.15, -0.1) is 0 Å². The highest BCUT2D eigenvalue weighted by molar-refractivity contribution is 6.29. The zero-order chi connectivity index (χ0) is 10.1. The molecule has 76 valence electrons. The van der Waals surface area contributed by atoms with Crippen LogP contribution in [0.15, 0.2) is 6.07 Å². The van der Waals surface area contributed by atoms with Crippen LogP contribution < -0.4 is 4.90 Å². The average Bonchev–Trinajstić information content (AvgIpc) is 2.00. The van der Waals surface area contributed by atoms with Crippen molar-refractivity contribution < 1.29 is 5.11 Å². The molecule has 14 heavy (non-hydrogen) atoms. The molecule has 0 saturated carbocycles. The molecule has 0 atom stereocenters. The second-order valence-electron chi connectivity index (χ2n) is 3.55. The maximum Gasteiger partial charge on any atom is 0.134 e. The Morgan fingerprint density at radius 2 is 2.29 bits per heavy atom. The van der Waals surface area contributed by atoms with Crippen molar-refractivity contribution in [3.05, 3.63) is 17.0 Å². The highest BCUT2D eigenvalue weighted by atomic mass is 35.5. The lowest BCUT2D eigenvalue weighted by Gasteiger charge is -2.39. The zero-order valence-corrected chi connectivity index (χ0v) is 8.70. The van der Waals surface area contributed by atoms with Crippen molar-refractivity contribution in [2.24, 2.45) is 5.92 Å². The van der Waals surface area contributed by atoms with Gasteiger partial charge in [-0.05, 0) is 6.92 Å². The smallest absolute Gasteiger partial charge is 0.134 e. The third-order valence-corrected chi connectivity index (χ3v) is 2.53. The van der Waals surface area contributed by atoms with Crippen LogP contribution in [0, 0.1) is 12.8 Å². The number of hydrogen-bond acceptors (Lipinski definition) is 4. The molecule has 1 saturated heterocycles. The van der Waals surface area contributed by atoms with Crippen molar-refractivity contribution >= 4 is 17.4 Å². The van der Waals surface area contributed by atoms with Crippen LogP contribution in [0.1, 0.15) is 5.82 Å². The van der Waals surface area contributed by atoms with E-state index in [-0.39, 0.29) is 6.61 Å². The summed E-state index contributed by atoms with van der Waals surface area (Å²) in [6.07, 6.45) is 0. The molecule has 0 aromatic carbocycles. The first-order valence-electron chi connectivity index (χ1n) is 4.56. The van der Waals surface area contributed by atoms with Crippen LogP contribution >= 0.6 is 11.6 Å². The molecule has 1 aliphatic heterocycles. The maximum absolute atomic E-state index is 8.87. The molecule has 1 fully saturated rings. The third-order valence-electron chi connectivity index (χ3n) is 2.33. The fourth-order valence-corrected chi connectivity index (χ4v) is 1.77. The Labute approximate surface area is 87.5 Å². The summed E-state index contributed by atoms with van der Waals surface area (Å²) in [6.45, 7) is 3.76. The standard InChI is InChI=1S/C9H12ClN3O/c1-6-11-8(10)2-9(12-6)13-3-7(4-13)5-14/h2,7,14H,3-5H2,1H3. The number of hydrogen-bond donors (Lipinski definition) is 1. The van der Waals surface area contributed by atoms with Crippen molar-refractivity contribution in [2.75, 3.05) is 24.6 Å². The van der Waals surface area contributed by atoms with E-state index >= 15 is 0 Å². The number of aromatic nitrogens is 2. The molecule has 5 heteroatoms. The second-order valence-corrected chi connectivity index (χ2v) is 3.94. The van der Waals surface area contributed by atoms with Crippen LogP contribution in [0.5, 0.6) is 0 Å². The predicted molar refractivity (Wildman–Crippen MR) is 54.6 cm³/mol. The summed E-state index contributed by atoms with van der Waals surface area (Å²) in [5.41, 5.74) is 0. The molecule has 1 N–H and O–H groups in total. The summed E-state index contributed by atoms with van der Waals surface area (Å²) in [5.74, 6) is 1.91. The molecule has 1 aromatic rings. The minimum absolute atomic E-state index is 0.244. The van der Waals surface area contributed by atoms with E-state index in [1.54, 1.807) is 6.07 Å². The molecule has 1 aromatic heterocycles. The van der Waals surface area contributed by atoms with E-state index < -0.39 is 0 Å².